The molecule has 1 fully saturated rings. The molecular formula is C15H28N4O. The van der Waals surface area contributed by atoms with Gasteiger partial charge in [0.15, 0.2) is 0 Å². The van der Waals surface area contributed by atoms with E-state index in [1.807, 2.05) is 4.68 Å². The molecule has 2 rings (SSSR count). The van der Waals surface area contributed by atoms with E-state index in [-0.39, 0.29) is 5.41 Å². The fraction of sp³-hybridized carbons (Fsp3) is 0.867. The van der Waals surface area contributed by atoms with Crippen LogP contribution in [0.4, 0.5) is 0 Å². The maximum atomic E-state index is 5.92. The van der Waals surface area contributed by atoms with Gasteiger partial charge in [-0.15, -0.1) is 0 Å². The Labute approximate surface area is 122 Å². The van der Waals surface area contributed by atoms with Crippen molar-refractivity contribution in [2.75, 3.05) is 13.2 Å². The van der Waals surface area contributed by atoms with Crippen LogP contribution in [-0.2, 0) is 11.3 Å². The minimum absolute atomic E-state index is 0.229. The molecule has 1 saturated heterocycles. The van der Waals surface area contributed by atoms with Crippen molar-refractivity contribution in [3.63, 3.8) is 0 Å². The molecule has 0 bridgehead atoms. The Balaban J connectivity index is 1.71. The highest BCUT2D eigenvalue weighted by Gasteiger charge is 2.36. The number of hydrogen-bond donors (Lipinski definition) is 1. The van der Waals surface area contributed by atoms with Gasteiger partial charge in [0.2, 0.25) is 0 Å². The molecule has 5 nitrogen and oxygen atoms in total. The average Bonchev–Trinajstić information content (AvgIpc) is 3.03. The van der Waals surface area contributed by atoms with Gasteiger partial charge < -0.3 is 10.1 Å². The van der Waals surface area contributed by atoms with Gasteiger partial charge in [0.25, 0.3) is 0 Å². The molecule has 0 unspecified atom stereocenters. The molecule has 2 heterocycles. The highest BCUT2D eigenvalue weighted by atomic mass is 16.5. The molecule has 1 aliphatic heterocycles. The molecule has 5 heteroatoms. The summed E-state index contributed by atoms with van der Waals surface area (Å²) < 4.78 is 7.80. The Hall–Kier alpha value is -0.940. The minimum Gasteiger partial charge on any atom is -0.377 e. The Bertz CT molecular complexity index is 385. The molecular weight excluding hydrogens is 252 g/mol. The summed E-state index contributed by atoms with van der Waals surface area (Å²) in [6.45, 7) is 11.9. The van der Waals surface area contributed by atoms with Crippen LogP contribution in [0.2, 0.25) is 0 Å². The van der Waals surface area contributed by atoms with E-state index in [2.05, 4.69) is 43.1 Å². The van der Waals surface area contributed by atoms with Gasteiger partial charge in [0.05, 0.1) is 6.10 Å². The normalized spacial score (nSPS) is 25.0. The van der Waals surface area contributed by atoms with Crippen molar-refractivity contribution in [2.45, 2.75) is 59.2 Å². The molecule has 0 amide bonds. The molecule has 1 aromatic rings. The summed E-state index contributed by atoms with van der Waals surface area (Å²) >= 11 is 0. The molecule has 0 radical (unpaired) electrons. The summed E-state index contributed by atoms with van der Waals surface area (Å²) in [5, 5.41) is 7.78. The van der Waals surface area contributed by atoms with Gasteiger partial charge >= 0.3 is 0 Å². The minimum atomic E-state index is 0.229. The molecule has 20 heavy (non-hydrogen) atoms. The first-order valence-electron chi connectivity index (χ1n) is 7.64. The van der Waals surface area contributed by atoms with Gasteiger partial charge in [-0.05, 0) is 25.2 Å². The Morgan fingerprint density at radius 3 is 2.90 bits per heavy atom. The lowest BCUT2D eigenvalue weighted by atomic mass is 9.81. The van der Waals surface area contributed by atoms with Crippen molar-refractivity contribution >= 4 is 0 Å². The number of nitrogens with one attached hydrogen (secondary N) is 1. The Morgan fingerprint density at radius 2 is 2.25 bits per heavy atom. The third-order valence-electron chi connectivity index (χ3n) is 4.05. The van der Waals surface area contributed by atoms with Crippen LogP contribution in [0.3, 0.4) is 0 Å². The number of nitrogens with zero attached hydrogens (tertiary/aromatic N) is 3. The summed E-state index contributed by atoms with van der Waals surface area (Å²) in [5.74, 6) is 0.629. The summed E-state index contributed by atoms with van der Waals surface area (Å²) in [4.78, 5) is 3.96. The van der Waals surface area contributed by atoms with Gasteiger partial charge in [-0.25, -0.2) is 4.98 Å². The Morgan fingerprint density at radius 1 is 1.45 bits per heavy atom. The van der Waals surface area contributed by atoms with Crippen LogP contribution in [0.15, 0.2) is 12.7 Å². The fourth-order valence-corrected chi connectivity index (χ4v) is 2.93. The van der Waals surface area contributed by atoms with E-state index in [1.165, 1.54) is 6.42 Å². The SMILES string of the molecule is C[C@H](CCn1cncn1)NC[C@H]1CCO[C@@H]1C(C)(C)C. The first-order valence-corrected chi connectivity index (χ1v) is 7.64. The van der Waals surface area contributed by atoms with Crippen molar-refractivity contribution in [1.29, 1.82) is 0 Å². The van der Waals surface area contributed by atoms with E-state index in [9.17, 15) is 0 Å². The topological polar surface area (TPSA) is 52.0 Å². The van der Waals surface area contributed by atoms with E-state index in [4.69, 9.17) is 4.74 Å². The molecule has 0 aromatic carbocycles. The molecule has 0 aliphatic carbocycles. The van der Waals surface area contributed by atoms with E-state index in [1.54, 1.807) is 12.7 Å². The first-order chi connectivity index (χ1) is 9.47. The standard InChI is InChI=1S/C15H28N4O/c1-12(5-7-19-11-16-10-18-19)17-9-13-6-8-20-14(13)15(2,3)4/h10-14,17H,5-9H2,1-4H3/t12-,13-,14+/m1/s1. The zero-order valence-electron chi connectivity index (χ0n) is 13.2. The fourth-order valence-electron chi connectivity index (χ4n) is 2.93. The summed E-state index contributed by atoms with van der Waals surface area (Å²) in [5.41, 5.74) is 0.229. The summed E-state index contributed by atoms with van der Waals surface area (Å²) in [7, 11) is 0. The largest absolute Gasteiger partial charge is 0.377 e. The average molecular weight is 280 g/mol. The number of hydrogen-bond acceptors (Lipinski definition) is 4. The lowest BCUT2D eigenvalue weighted by Crippen LogP contribution is -2.39. The number of aromatic nitrogens is 3. The number of aryl methyl sites for hydroxylation is 1. The maximum Gasteiger partial charge on any atom is 0.137 e. The van der Waals surface area contributed by atoms with Crippen LogP contribution < -0.4 is 5.32 Å². The summed E-state index contributed by atoms with van der Waals surface area (Å²) in [6, 6.07) is 0.486. The van der Waals surface area contributed by atoms with Crippen LogP contribution in [0.5, 0.6) is 0 Å². The van der Waals surface area contributed by atoms with Crippen molar-refractivity contribution in [3.8, 4) is 0 Å². The van der Waals surface area contributed by atoms with Crippen molar-refractivity contribution in [2.24, 2.45) is 11.3 Å². The molecule has 1 N–H and O–H groups in total. The molecule has 0 saturated carbocycles. The van der Waals surface area contributed by atoms with Gasteiger partial charge in [0.1, 0.15) is 12.7 Å². The van der Waals surface area contributed by atoms with Crippen molar-refractivity contribution in [1.82, 2.24) is 20.1 Å². The third kappa shape index (κ3) is 4.28. The lowest BCUT2D eigenvalue weighted by Gasteiger charge is -2.31. The highest BCUT2D eigenvalue weighted by Crippen LogP contribution is 2.34. The molecule has 1 aromatic heterocycles. The second kappa shape index (κ2) is 6.68. The molecule has 114 valence electrons. The van der Waals surface area contributed by atoms with Gasteiger partial charge in [-0.2, -0.15) is 5.10 Å². The van der Waals surface area contributed by atoms with Crippen molar-refractivity contribution < 1.29 is 4.74 Å². The second-order valence-corrected chi connectivity index (χ2v) is 6.96. The van der Waals surface area contributed by atoms with Gasteiger partial charge in [0, 0.05) is 31.7 Å². The van der Waals surface area contributed by atoms with E-state index >= 15 is 0 Å². The van der Waals surface area contributed by atoms with E-state index in [0.29, 0.717) is 18.1 Å². The highest BCUT2D eigenvalue weighted by molar-refractivity contribution is 4.87. The maximum absolute atomic E-state index is 5.92. The van der Waals surface area contributed by atoms with Gasteiger partial charge in [-0.1, -0.05) is 20.8 Å². The predicted molar refractivity (Wildman–Crippen MR) is 79.4 cm³/mol. The second-order valence-electron chi connectivity index (χ2n) is 6.96. The predicted octanol–water partition coefficient (Wildman–Crippen LogP) is 2.10. The smallest absolute Gasteiger partial charge is 0.137 e. The first kappa shape index (κ1) is 15.4. The zero-order valence-corrected chi connectivity index (χ0v) is 13.2. The number of ether oxygens (including phenoxy) is 1. The summed E-state index contributed by atoms with van der Waals surface area (Å²) in [6.07, 6.45) is 5.97. The molecule has 0 spiro atoms. The van der Waals surface area contributed by atoms with Crippen LogP contribution >= 0.6 is 0 Å². The molecule has 1 aliphatic rings. The third-order valence-corrected chi connectivity index (χ3v) is 4.05. The van der Waals surface area contributed by atoms with Crippen LogP contribution in [-0.4, -0.2) is 40.1 Å². The van der Waals surface area contributed by atoms with E-state index in [0.717, 1.165) is 26.1 Å². The van der Waals surface area contributed by atoms with Crippen LogP contribution in [0.1, 0.15) is 40.5 Å². The lowest BCUT2D eigenvalue weighted by molar-refractivity contribution is 0.00682. The van der Waals surface area contributed by atoms with Crippen LogP contribution in [0, 0.1) is 11.3 Å². The number of rotatable bonds is 6. The van der Waals surface area contributed by atoms with E-state index < -0.39 is 0 Å². The van der Waals surface area contributed by atoms with Crippen molar-refractivity contribution in [3.05, 3.63) is 12.7 Å². The zero-order chi connectivity index (χ0) is 14.6. The quantitative estimate of drug-likeness (QED) is 0.867. The van der Waals surface area contributed by atoms with Crippen LogP contribution in [0.25, 0.3) is 0 Å². The monoisotopic (exact) mass is 280 g/mol. The molecule has 3 atom stereocenters. The van der Waals surface area contributed by atoms with Gasteiger partial charge in [-0.3, -0.25) is 4.68 Å². The Kier molecular flexibility index (Phi) is 5.16.